The minimum absolute atomic E-state index is 0.176. The summed E-state index contributed by atoms with van der Waals surface area (Å²) in [7, 11) is -2.64. The van der Waals surface area contributed by atoms with Crippen LogP contribution in [0.1, 0.15) is 5.56 Å². The Morgan fingerprint density at radius 3 is 2.61 bits per heavy atom. The first-order valence-electron chi connectivity index (χ1n) is 5.18. The molecule has 1 aliphatic heterocycles. The molecule has 0 amide bonds. The van der Waals surface area contributed by atoms with Gasteiger partial charge in [-0.2, -0.15) is 8.42 Å². The average Bonchev–Trinajstić information content (AvgIpc) is 2.32. The molecule has 0 bridgehead atoms. The molecular weight excluding hydrogens is 257 g/mol. The zero-order valence-electron chi connectivity index (χ0n) is 9.28. The quantitative estimate of drug-likeness (QED) is 0.466. The lowest BCUT2D eigenvalue weighted by atomic mass is 10.2. The van der Waals surface area contributed by atoms with E-state index in [4.69, 9.17) is 0 Å². The van der Waals surface area contributed by atoms with Gasteiger partial charge in [-0.05, 0) is 18.2 Å². The lowest BCUT2D eigenvalue weighted by Gasteiger charge is -2.37. The first-order chi connectivity index (χ1) is 8.53. The molecular formula is C12H10FNO3S. The van der Waals surface area contributed by atoms with E-state index >= 15 is 0 Å². The Kier molecular flexibility index (Phi) is 3.42. The van der Waals surface area contributed by atoms with Gasteiger partial charge in [0.05, 0.1) is 0 Å². The van der Waals surface area contributed by atoms with E-state index in [0.717, 1.165) is 0 Å². The van der Waals surface area contributed by atoms with Crippen molar-refractivity contribution in [2.24, 2.45) is 0 Å². The Hall–Kier alpha value is -1.76. The summed E-state index contributed by atoms with van der Waals surface area (Å²) in [5.74, 6) is -0.523. The Bertz CT molecular complexity index is 656. The van der Waals surface area contributed by atoms with Gasteiger partial charge < -0.3 is 5.21 Å². The van der Waals surface area contributed by atoms with Crippen molar-refractivity contribution in [2.45, 2.75) is 6.54 Å². The van der Waals surface area contributed by atoms with Crippen LogP contribution in [0, 0.1) is 11.0 Å². The Labute approximate surface area is 105 Å². The number of hydrogen-bond acceptors (Lipinski definition) is 3. The van der Waals surface area contributed by atoms with E-state index in [1.807, 2.05) is 0 Å². The van der Waals surface area contributed by atoms with Gasteiger partial charge in [0.1, 0.15) is 18.6 Å². The largest absolute Gasteiger partial charge is 0.621 e. The number of rotatable bonds is 2. The third-order valence-corrected chi connectivity index (χ3v) is 3.37. The Morgan fingerprint density at radius 1 is 1.22 bits per heavy atom. The maximum Gasteiger partial charge on any atom is 0.277 e. The van der Waals surface area contributed by atoms with Gasteiger partial charge in [0.25, 0.3) is 15.3 Å². The van der Waals surface area contributed by atoms with Crippen molar-refractivity contribution in [3.63, 3.8) is 0 Å². The zero-order chi connectivity index (χ0) is 13.2. The molecule has 18 heavy (non-hydrogen) atoms. The van der Waals surface area contributed by atoms with E-state index in [1.165, 1.54) is 42.6 Å². The number of allylic oxidation sites excluding steroid dienone is 2. The van der Waals surface area contributed by atoms with Crippen molar-refractivity contribution in [2.75, 3.05) is 0 Å². The van der Waals surface area contributed by atoms with Crippen LogP contribution < -0.4 is 0 Å². The van der Waals surface area contributed by atoms with E-state index in [1.54, 1.807) is 6.07 Å². The van der Waals surface area contributed by atoms with E-state index in [0.29, 0.717) is 0 Å². The summed E-state index contributed by atoms with van der Waals surface area (Å²) in [5.41, 5.74) is 0.176. The van der Waals surface area contributed by atoms with Crippen LogP contribution in [0.3, 0.4) is 0 Å². The molecule has 1 aromatic carbocycles. The summed E-state index contributed by atoms with van der Waals surface area (Å²) in [4.78, 5) is -0.333. The fraction of sp³-hybridized carbons (Fsp3) is 0.0833. The van der Waals surface area contributed by atoms with E-state index < -0.39 is 20.8 Å². The van der Waals surface area contributed by atoms with Crippen LogP contribution in [0.5, 0.6) is 0 Å². The summed E-state index contributed by atoms with van der Waals surface area (Å²) >= 11 is 0. The van der Waals surface area contributed by atoms with Gasteiger partial charge in [-0.3, -0.25) is 4.65 Å². The van der Waals surface area contributed by atoms with Crippen LogP contribution in [0.15, 0.2) is 48.7 Å². The highest BCUT2D eigenvalue weighted by Crippen LogP contribution is 2.20. The van der Waals surface area contributed by atoms with E-state index in [-0.39, 0.29) is 17.1 Å². The number of nitrogens with zero attached hydrogens (tertiary/aromatic N) is 1. The Balaban J connectivity index is 2.44. The molecule has 1 aliphatic rings. The predicted molar refractivity (Wildman–Crippen MR) is 65.9 cm³/mol. The minimum Gasteiger partial charge on any atom is -0.621 e. The van der Waals surface area contributed by atoms with E-state index in [2.05, 4.69) is 0 Å². The number of hydrogen-bond donors (Lipinski definition) is 0. The van der Waals surface area contributed by atoms with Crippen LogP contribution in [-0.4, -0.2) is 18.1 Å². The normalized spacial score (nSPS) is 22.2. The smallest absolute Gasteiger partial charge is 0.277 e. The topological polar surface area (TPSA) is 57.2 Å². The van der Waals surface area contributed by atoms with Gasteiger partial charge in [-0.15, -0.1) is 0 Å². The summed E-state index contributed by atoms with van der Waals surface area (Å²) < 4.78 is 34.3. The third kappa shape index (κ3) is 2.40. The van der Waals surface area contributed by atoms with E-state index in [9.17, 15) is 18.0 Å². The highest BCUT2D eigenvalue weighted by atomic mass is 32.2. The maximum absolute atomic E-state index is 13.5. The van der Waals surface area contributed by atoms with Crippen LogP contribution in [0.4, 0.5) is 4.39 Å². The summed E-state index contributed by atoms with van der Waals surface area (Å²) in [6.07, 6.45) is 5.31. The molecule has 0 fully saturated rings. The van der Waals surface area contributed by atoms with Crippen molar-refractivity contribution < 1.29 is 17.5 Å². The summed E-state index contributed by atoms with van der Waals surface area (Å²) in [5, 5.41) is 12.4. The second-order valence-corrected chi connectivity index (χ2v) is 4.71. The van der Waals surface area contributed by atoms with Crippen LogP contribution in [-0.2, 0) is 16.8 Å². The first-order valence-corrected chi connectivity index (χ1v) is 6.25. The third-order valence-electron chi connectivity index (χ3n) is 2.58. The highest BCUT2D eigenvalue weighted by Gasteiger charge is 2.25. The van der Waals surface area contributed by atoms with Crippen molar-refractivity contribution >= 4 is 15.3 Å². The zero-order valence-corrected chi connectivity index (χ0v) is 10.1. The van der Waals surface area contributed by atoms with Gasteiger partial charge in [0, 0.05) is 11.6 Å². The lowest BCUT2D eigenvalue weighted by molar-refractivity contribution is -0.744. The van der Waals surface area contributed by atoms with Crippen LogP contribution in [0.25, 0.3) is 0 Å². The average molecular weight is 267 g/mol. The molecule has 0 saturated heterocycles. The van der Waals surface area contributed by atoms with Crippen LogP contribution in [0.2, 0.25) is 0 Å². The Morgan fingerprint density at radius 2 is 1.94 bits per heavy atom. The molecule has 0 aliphatic carbocycles. The predicted octanol–water partition coefficient (Wildman–Crippen LogP) is 1.73. The molecule has 2 rings (SSSR count). The van der Waals surface area contributed by atoms with Gasteiger partial charge in [0.15, 0.2) is 0 Å². The number of halogens is 1. The van der Waals surface area contributed by atoms with Crippen LogP contribution >= 0.6 is 0 Å². The summed E-state index contributed by atoms with van der Waals surface area (Å²) in [6, 6.07) is 5.81. The minimum atomic E-state index is -2.64. The second-order valence-electron chi connectivity index (χ2n) is 3.82. The van der Waals surface area contributed by atoms with Gasteiger partial charge in [-0.25, -0.2) is 4.39 Å². The SMILES string of the molecule is O=S(=O)=C1C=CC=C[N+]1([O-])Cc1ccccc1F. The first kappa shape index (κ1) is 12.7. The molecule has 1 heterocycles. The number of quaternary nitrogens is 1. The fourth-order valence-corrected chi connectivity index (χ4v) is 2.29. The molecule has 0 N–H and O–H groups in total. The fourth-order valence-electron chi connectivity index (χ4n) is 1.72. The molecule has 4 nitrogen and oxygen atoms in total. The molecule has 6 heteroatoms. The van der Waals surface area contributed by atoms with Crippen molar-refractivity contribution in [3.05, 3.63) is 65.3 Å². The molecule has 1 aromatic rings. The maximum atomic E-state index is 13.5. The monoisotopic (exact) mass is 267 g/mol. The van der Waals surface area contributed by atoms with Gasteiger partial charge in [-0.1, -0.05) is 18.2 Å². The van der Waals surface area contributed by atoms with Crippen molar-refractivity contribution in [3.8, 4) is 0 Å². The standard InChI is InChI=1S/C12H10FNO3S/c13-11-6-2-1-5-10(11)9-14(15)8-4-3-7-12(14)18(16)17/h1-8H,9H2. The lowest BCUT2D eigenvalue weighted by Crippen LogP contribution is -2.42. The number of hydroxylamine groups is 3. The molecule has 0 saturated carbocycles. The van der Waals surface area contributed by atoms with Crippen molar-refractivity contribution in [1.82, 2.24) is 0 Å². The molecule has 1 atom stereocenters. The highest BCUT2D eigenvalue weighted by molar-refractivity contribution is 7.72. The van der Waals surface area contributed by atoms with Gasteiger partial charge in [0.2, 0.25) is 0 Å². The second kappa shape index (κ2) is 4.85. The van der Waals surface area contributed by atoms with Crippen molar-refractivity contribution in [1.29, 1.82) is 0 Å². The molecule has 0 spiro atoms. The molecule has 1 unspecified atom stereocenters. The molecule has 0 aromatic heterocycles. The number of benzene rings is 1. The summed E-state index contributed by atoms with van der Waals surface area (Å²) in [6.45, 7) is -0.295. The molecule has 94 valence electrons. The van der Waals surface area contributed by atoms with Gasteiger partial charge >= 0.3 is 0 Å². The molecule has 0 radical (unpaired) electrons.